The Hall–Kier alpha value is -1.60. The fourth-order valence-corrected chi connectivity index (χ4v) is 5.60. The van der Waals surface area contributed by atoms with E-state index in [2.05, 4.69) is 16.0 Å². The number of hydrogen-bond donors (Lipinski definition) is 1. The van der Waals surface area contributed by atoms with Crippen LogP contribution >= 0.6 is 0 Å². The maximum Gasteiger partial charge on any atom is 0.270 e. The lowest BCUT2D eigenvalue weighted by molar-refractivity contribution is 0.0364. The standard InChI is InChI=1S/C17H25N3O3S/c1-12(2)4-5-19-6-7-20(16-11-24(22,23)10-15(16)19)17(21)14-8-13(3)9-18-14/h4,8-9,15-16,18H,5-7,10-11H2,1-3H3/t15-,16+/m0/s1. The number of piperazine rings is 1. The Labute approximate surface area is 143 Å². The molecule has 2 atom stereocenters. The molecule has 2 saturated heterocycles. The fourth-order valence-electron chi connectivity index (χ4n) is 3.58. The monoisotopic (exact) mass is 351 g/mol. The van der Waals surface area contributed by atoms with Gasteiger partial charge in [-0.15, -0.1) is 0 Å². The van der Waals surface area contributed by atoms with Gasteiger partial charge in [-0.2, -0.15) is 0 Å². The van der Waals surface area contributed by atoms with Crippen LogP contribution < -0.4 is 0 Å². The van der Waals surface area contributed by atoms with Gasteiger partial charge in [-0.3, -0.25) is 9.69 Å². The van der Waals surface area contributed by atoms with Crippen LogP contribution in [0.2, 0.25) is 0 Å². The average Bonchev–Trinajstić information content (AvgIpc) is 3.06. The molecule has 0 aliphatic carbocycles. The van der Waals surface area contributed by atoms with Crippen LogP contribution in [-0.2, 0) is 9.84 Å². The van der Waals surface area contributed by atoms with E-state index in [1.54, 1.807) is 11.1 Å². The van der Waals surface area contributed by atoms with E-state index in [0.717, 1.165) is 12.1 Å². The van der Waals surface area contributed by atoms with Crippen molar-refractivity contribution in [2.24, 2.45) is 0 Å². The lowest BCUT2D eigenvalue weighted by Gasteiger charge is -2.43. The first kappa shape index (κ1) is 17.2. The quantitative estimate of drug-likeness (QED) is 0.831. The number of hydrogen-bond acceptors (Lipinski definition) is 4. The zero-order valence-corrected chi connectivity index (χ0v) is 15.3. The SMILES string of the molecule is CC(C)=CCN1CCN(C(=O)c2cc(C)c[nH]2)[C@@H]2CS(=O)(=O)C[C@@H]21. The molecule has 1 N–H and O–H groups in total. The second-order valence-electron chi connectivity index (χ2n) is 7.08. The van der Waals surface area contributed by atoms with Crippen LogP contribution in [0, 0.1) is 6.92 Å². The van der Waals surface area contributed by atoms with Crippen LogP contribution in [0.5, 0.6) is 0 Å². The number of aryl methyl sites for hydroxylation is 1. The maximum absolute atomic E-state index is 12.8. The van der Waals surface area contributed by atoms with Crippen molar-refractivity contribution >= 4 is 15.7 Å². The largest absolute Gasteiger partial charge is 0.357 e. The van der Waals surface area contributed by atoms with Crippen molar-refractivity contribution in [1.29, 1.82) is 0 Å². The van der Waals surface area contributed by atoms with Crippen LogP contribution in [0.25, 0.3) is 0 Å². The lowest BCUT2D eigenvalue weighted by Crippen LogP contribution is -2.60. The summed E-state index contributed by atoms with van der Waals surface area (Å²) in [5.41, 5.74) is 2.75. The van der Waals surface area contributed by atoms with Crippen molar-refractivity contribution in [3.05, 3.63) is 35.2 Å². The van der Waals surface area contributed by atoms with Gasteiger partial charge in [-0.25, -0.2) is 8.42 Å². The molecule has 0 unspecified atom stereocenters. The van der Waals surface area contributed by atoms with Gasteiger partial charge in [-0.05, 0) is 32.4 Å². The molecule has 1 aromatic heterocycles. The summed E-state index contributed by atoms with van der Waals surface area (Å²) in [6.45, 7) is 8.00. The van der Waals surface area contributed by atoms with Gasteiger partial charge < -0.3 is 9.88 Å². The molecule has 24 heavy (non-hydrogen) atoms. The molecule has 1 aromatic rings. The van der Waals surface area contributed by atoms with E-state index in [1.807, 2.05) is 26.8 Å². The first-order valence-electron chi connectivity index (χ1n) is 8.30. The smallest absolute Gasteiger partial charge is 0.270 e. The summed E-state index contributed by atoms with van der Waals surface area (Å²) in [5, 5.41) is 0. The Morgan fingerprint density at radius 1 is 1.29 bits per heavy atom. The number of amides is 1. The molecule has 0 radical (unpaired) electrons. The number of carbonyl (C=O) groups excluding carboxylic acids is 1. The second-order valence-corrected chi connectivity index (χ2v) is 9.23. The van der Waals surface area contributed by atoms with E-state index in [-0.39, 0.29) is 29.5 Å². The Morgan fingerprint density at radius 3 is 2.62 bits per heavy atom. The molecule has 0 bridgehead atoms. The lowest BCUT2D eigenvalue weighted by atomic mass is 10.0. The first-order valence-corrected chi connectivity index (χ1v) is 10.1. The van der Waals surface area contributed by atoms with E-state index in [0.29, 0.717) is 18.8 Å². The number of nitrogens with zero attached hydrogens (tertiary/aromatic N) is 2. The number of aromatic amines is 1. The minimum absolute atomic E-state index is 0.0639. The normalized spacial score (nSPS) is 26.2. The molecular weight excluding hydrogens is 326 g/mol. The number of allylic oxidation sites excluding steroid dienone is 1. The maximum atomic E-state index is 12.8. The highest BCUT2D eigenvalue weighted by atomic mass is 32.2. The van der Waals surface area contributed by atoms with Gasteiger partial charge in [0, 0.05) is 31.9 Å². The van der Waals surface area contributed by atoms with Crippen molar-refractivity contribution in [2.75, 3.05) is 31.1 Å². The molecule has 0 spiro atoms. The topological polar surface area (TPSA) is 73.5 Å². The van der Waals surface area contributed by atoms with E-state index in [9.17, 15) is 13.2 Å². The van der Waals surface area contributed by atoms with E-state index >= 15 is 0 Å². The Kier molecular flexibility index (Phi) is 4.57. The zero-order chi connectivity index (χ0) is 17.5. The van der Waals surface area contributed by atoms with Gasteiger partial charge in [0.05, 0.1) is 17.5 Å². The van der Waals surface area contributed by atoms with Crippen molar-refractivity contribution in [3.63, 3.8) is 0 Å². The average molecular weight is 351 g/mol. The van der Waals surface area contributed by atoms with Gasteiger partial charge in [0.2, 0.25) is 0 Å². The Balaban J connectivity index is 1.84. The first-order chi connectivity index (χ1) is 11.3. The van der Waals surface area contributed by atoms with Gasteiger partial charge in [-0.1, -0.05) is 11.6 Å². The van der Waals surface area contributed by atoms with Crippen molar-refractivity contribution in [1.82, 2.24) is 14.8 Å². The second kappa shape index (κ2) is 6.37. The van der Waals surface area contributed by atoms with Gasteiger partial charge in [0.1, 0.15) is 5.69 Å². The third-order valence-electron chi connectivity index (χ3n) is 4.84. The zero-order valence-electron chi connectivity index (χ0n) is 14.4. The molecule has 0 aromatic carbocycles. The van der Waals surface area contributed by atoms with Crippen LogP contribution in [0.15, 0.2) is 23.9 Å². The molecule has 0 saturated carbocycles. The molecule has 132 valence electrons. The van der Waals surface area contributed by atoms with E-state index in [1.165, 1.54) is 5.57 Å². The summed E-state index contributed by atoms with van der Waals surface area (Å²) < 4.78 is 24.4. The third kappa shape index (κ3) is 3.42. The van der Waals surface area contributed by atoms with E-state index in [4.69, 9.17) is 0 Å². The van der Waals surface area contributed by atoms with Gasteiger partial charge in [0.25, 0.3) is 5.91 Å². The summed E-state index contributed by atoms with van der Waals surface area (Å²) in [6.07, 6.45) is 3.91. The predicted molar refractivity (Wildman–Crippen MR) is 93.8 cm³/mol. The van der Waals surface area contributed by atoms with Crippen molar-refractivity contribution in [2.45, 2.75) is 32.9 Å². The number of nitrogens with one attached hydrogen (secondary N) is 1. The highest BCUT2D eigenvalue weighted by molar-refractivity contribution is 7.91. The van der Waals surface area contributed by atoms with E-state index < -0.39 is 9.84 Å². The fraction of sp³-hybridized carbons (Fsp3) is 0.588. The van der Waals surface area contributed by atoms with Crippen LogP contribution in [0.4, 0.5) is 0 Å². The molecule has 2 fully saturated rings. The summed E-state index contributed by atoms with van der Waals surface area (Å²) in [4.78, 5) is 19.7. The predicted octanol–water partition coefficient (Wildman–Crippen LogP) is 1.21. The molecule has 6 nitrogen and oxygen atoms in total. The highest BCUT2D eigenvalue weighted by Gasteiger charge is 2.47. The molecule has 2 aliphatic heterocycles. The number of rotatable bonds is 3. The summed E-state index contributed by atoms with van der Waals surface area (Å²) in [7, 11) is -3.11. The van der Waals surface area contributed by atoms with Crippen molar-refractivity contribution in [3.8, 4) is 0 Å². The van der Waals surface area contributed by atoms with Crippen molar-refractivity contribution < 1.29 is 13.2 Å². The molecule has 3 rings (SSSR count). The summed E-state index contributed by atoms with van der Waals surface area (Å²) in [5.74, 6) is 0.105. The highest BCUT2D eigenvalue weighted by Crippen LogP contribution is 2.28. The number of H-pyrrole nitrogens is 1. The summed E-state index contributed by atoms with van der Waals surface area (Å²) in [6, 6.07) is 1.45. The molecule has 7 heteroatoms. The number of fused-ring (bicyclic) bond motifs is 1. The minimum atomic E-state index is -3.11. The molecule has 2 aliphatic rings. The number of sulfone groups is 1. The minimum Gasteiger partial charge on any atom is -0.357 e. The summed E-state index contributed by atoms with van der Waals surface area (Å²) >= 11 is 0. The third-order valence-corrected chi connectivity index (χ3v) is 6.54. The Bertz CT molecular complexity index is 762. The molecular formula is C17H25N3O3S. The number of aromatic nitrogens is 1. The number of carbonyl (C=O) groups is 1. The molecule has 3 heterocycles. The van der Waals surface area contributed by atoms with Crippen LogP contribution in [-0.4, -0.2) is 72.3 Å². The van der Waals surface area contributed by atoms with Crippen LogP contribution in [0.3, 0.4) is 0 Å². The molecule has 1 amide bonds. The van der Waals surface area contributed by atoms with Crippen LogP contribution in [0.1, 0.15) is 29.9 Å². The van der Waals surface area contributed by atoms with Gasteiger partial charge in [0.15, 0.2) is 9.84 Å². The Morgan fingerprint density at radius 2 is 2.00 bits per heavy atom. The van der Waals surface area contributed by atoms with Gasteiger partial charge >= 0.3 is 0 Å².